The van der Waals surface area contributed by atoms with E-state index in [4.69, 9.17) is 32.7 Å². The molecule has 1 aromatic heterocycles. The Balaban J connectivity index is 1.80. The van der Waals surface area contributed by atoms with Crippen molar-refractivity contribution < 1.29 is 19.1 Å². The minimum atomic E-state index is -2.01. The van der Waals surface area contributed by atoms with Crippen LogP contribution in [0.1, 0.15) is 74.7 Å². The van der Waals surface area contributed by atoms with Gasteiger partial charge in [0.25, 0.3) is 5.91 Å². The molecular weight excluding hydrogens is 529 g/mol. The summed E-state index contributed by atoms with van der Waals surface area (Å²) in [6, 6.07) is 7.98. The zero-order valence-corrected chi connectivity index (χ0v) is 24.8. The number of benzene rings is 1. The monoisotopic (exact) mass is 565 g/mol. The summed E-state index contributed by atoms with van der Waals surface area (Å²) in [6.45, 7) is 11.6. The summed E-state index contributed by atoms with van der Waals surface area (Å²) in [4.78, 5) is 34.2. The number of aliphatic carboxylic acids is 1. The molecule has 1 amide bonds. The highest BCUT2D eigenvalue weighted by Crippen LogP contribution is 2.38. The second-order valence-corrected chi connectivity index (χ2v) is 16.8. The molecule has 1 saturated carbocycles. The van der Waals surface area contributed by atoms with Crippen molar-refractivity contribution in [2.45, 2.75) is 76.9 Å². The zero-order chi connectivity index (χ0) is 27.4. The van der Waals surface area contributed by atoms with E-state index < -0.39 is 14.3 Å². The Kier molecular flexibility index (Phi) is 9.77. The Bertz CT molecular complexity index is 1080. The van der Waals surface area contributed by atoms with Crippen LogP contribution in [0.15, 0.2) is 30.6 Å². The molecule has 7 nitrogen and oxygen atoms in total. The summed E-state index contributed by atoms with van der Waals surface area (Å²) in [5, 5.41) is 9.14. The van der Waals surface area contributed by atoms with Crippen molar-refractivity contribution in [3.05, 3.63) is 52.0 Å². The van der Waals surface area contributed by atoms with Crippen LogP contribution < -0.4 is 4.90 Å². The summed E-state index contributed by atoms with van der Waals surface area (Å²) >= 11 is 12.5. The molecule has 0 saturated heterocycles. The maximum atomic E-state index is 13.6. The number of aromatic nitrogens is 2. The largest absolute Gasteiger partial charge is 0.481 e. The van der Waals surface area contributed by atoms with Gasteiger partial charge >= 0.3 is 5.97 Å². The molecule has 1 N–H and O–H groups in total. The molecule has 0 bridgehead atoms. The van der Waals surface area contributed by atoms with Gasteiger partial charge in [-0.1, -0.05) is 56.1 Å². The van der Waals surface area contributed by atoms with Gasteiger partial charge in [-0.2, -0.15) is 0 Å². The molecule has 1 aromatic carbocycles. The van der Waals surface area contributed by atoms with Crippen LogP contribution >= 0.6 is 23.2 Å². The Morgan fingerprint density at radius 2 is 1.62 bits per heavy atom. The Morgan fingerprint density at radius 3 is 2.14 bits per heavy atom. The molecule has 0 spiro atoms. The summed E-state index contributed by atoms with van der Waals surface area (Å²) in [7, 11) is -2.01. The molecule has 1 heterocycles. The first-order valence-electron chi connectivity index (χ1n) is 12.7. The number of halogens is 2. The topological polar surface area (TPSA) is 92.6 Å². The molecule has 202 valence electrons. The second kappa shape index (κ2) is 12.2. The smallest absolute Gasteiger partial charge is 0.303 e. The number of carboxylic acids is 1. The average Bonchev–Trinajstić information content (AvgIpc) is 2.81. The normalized spacial score (nSPS) is 18.5. The van der Waals surface area contributed by atoms with Gasteiger partial charge in [0, 0.05) is 18.7 Å². The highest BCUT2D eigenvalue weighted by Gasteiger charge is 2.37. The van der Waals surface area contributed by atoms with Crippen LogP contribution in [0.2, 0.25) is 28.4 Å². The van der Waals surface area contributed by atoms with Gasteiger partial charge in [0.1, 0.15) is 22.2 Å². The second-order valence-electron chi connectivity index (χ2n) is 11.3. The Morgan fingerprint density at radius 1 is 1.05 bits per heavy atom. The molecule has 1 aliphatic carbocycles. The van der Waals surface area contributed by atoms with E-state index >= 15 is 0 Å². The third-order valence-electron chi connectivity index (χ3n) is 7.78. The first kappa shape index (κ1) is 29.6. The fourth-order valence-electron chi connectivity index (χ4n) is 4.49. The van der Waals surface area contributed by atoms with E-state index in [1.165, 1.54) is 11.9 Å². The summed E-state index contributed by atoms with van der Waals surface area (Å²) < 4.78 is 6.35. The number of hydrogen-bond donors (Lipinski definition) is 1. The van der Waals surface area contributed by atoms with Gasteiger partial charge in [-0.3, -0.25) is 9.59 Å². The summed E-state index contributed by atoms with van der Waals surface area (Å²) in [5.41, 5.74) is 1.98. The Labute approximate surface area is 230 Å². The molecule has 1 aliphatic rings. The van der Waals surface area contributed by atoms with E-state index in [0.29, 0.717) is 24.8 Å². The van der Waals surface area contributed by atoms with Gasteiger partial charge in [-0.05, 0) is 73.3 Å². The van der Waals surface area contributed by atoms with E-state index in [1.54, 1.807) is 4.90 Å². The number of hydrogen-bond acceptors (Lipinski definition) is 5. The van der Waals surface area contributed by atoms with Crippen molar-refractivity contribution in [2.75, 3.05) is 18.1 Å². The van der Waals surface area contributed by atoms with E-state index in [1.807, 2.05) is 12.1 Å². The lowest BCUT2D eigenvalue weighted by Gasteiger charge is -2.37. The van der Waals surface area contributed by atoms with E-state index in [9.17, 15) is 9.59 Å². The fraction of sp³-hybridized carbons (Fsp3) is 0.556. The number of nitrogens with zero attached hydrogens (tertiary/aromatic N) is 3. The minimum absolute atomic E-state index is 0.00931. The van der Waals surface area contributed by atoms with Gasteiger partial charge in [0.05, 0.1) is 6.61 Å². The van der Waals surface area contributed by atoms with Crippen LogP contribution in [0.5, 0.6) is 0 Å². The molecule has 3 rings (SSSR count). The van der Waals surface area contributed by atoms with Crippen molar-refractivity contribution in [3.8, 4) is 0 Å². The third-order valence-corrected chi connectivity index (χ3v) is 12.9. The van der Waals surface area contributed by atoms with Gasteiger partial charge in [0.15, 0.2) is 8.32 Å². The summed E-state index contributed by atoms with van der Waals surface area (Å²) in [6.07, 6.45) is 5.23. The molecular formula is C27H37Cl2N3O4Si. The van der Waals surface area contributed by atoms with Crippen LogP contribution in [-0.4, -0.2) is 48.4 Å². The molecule has 0 radical (unpaired) electrons. The summed E-state index contributed by atoms with van der Waals surface area (Å²) in [5.74, 6) is -0.461. The number of rotatable bonds is 9. The predicted octanol–water partition coefficient (Wildman–Crippen LogP) is 7.20. The van der Waals surface area contributed by atoms with Crippen molar-refractivity contribution in [2.24, 2.45) is 5.92 Å². The van der Waals surface area contributed by atoms with Crippen LogP contribution in [0, 0.1) is 5.92 Å². The lowest BCUT2D eigenvalue weighted by molar-refractivity contribution is -0.138. The zero-order valence-electron chi connectivity index (χ0n) is 22.3. The van der Waals surface area contributed by atoms with E-state index in [0.717, 1.165) is 25.7 Å². The van der Waals surface area contributed by atoms with Crippen LogP contribution in [-0.2, 0) is 9.22 Å². The maximum Gasteiger partial charge on any atom is 0.303 e. The van der Waals surface area contributed by atoms with Crippen molar-refractivity contribution in [1.82, 2.24) is 9.97 Å². The molecule has 10 heteroatoms. The lowest BCUT2D eigenvalue weighted by Crippen LogP contribution is -2.43. The molecule has 0 aliphatic heterocycles. The number of amides is 1. The minimum Gasteiger partial charge on any atom is -0.481 e. The van der Waals surface area contributed by atoms with Gasteiger partial charge in [-0.15, -0.1) is 0 Å². The van der Waals surface area contributed by atoms with Crippen molar-refractivity contribution >= 4 is 49.1 Å². The van der Waals surface area contributed by atoms with Gasteiger partial charge < -0.3 is 14.4 Å². The quantitative estimate of drug-likeness (QED) is 0.255. The number of carbonyl (C=O) groups is 2. The van der Waals surface area contributed by atoms with Crippen LogP contribution in [0.4, 0.5) is 5.69 Å². The van der Waals surface area contributed by atoms with E-state index in [2.05, 4.69) is 56.0 Å². The highest BCUT2D eigenvalue weighted by atomic mass is 35.5. The van der Waals surface area contributed by atoms with Gasteiger partial charge in [0.2, 0.25) is 0 Å². The number of carbonyl (C=O) groups excluding carboxylic acids is 1. The third kappa shape index (κ3) is 7.53. The average molecular weight is 567 g/mol. The standard InChI is InChI=1S/C27H37Cl2N3O4Si/c1-27(2,3)37(4,5)36-15-14-32(26(35)23-24(28)30-17-31-25(23)29)21-12-10-20(11-13-21)19-8-6-18(7-9-19)16-22(33)34/h10-13,17-19H,6-9,14-16H2,1-5H3,(H,33,34)/t18-,19-. The number of anilines is 1. The fourth-order valence-corrected chi connectivity index (χ4v) is 6.00. The molecule has 2 aromatic rings. The Hall–Kier alpha value is -2.00. The van der Waals surface area contributed by atoms with Crippen molar-refractivity contribution in [1.29, 1.82) is 0 Å². The predicted molar refractivity (Wildman–Crippen MR) is 150 cm³/mol. The van der Waals surface area contributed by atoms with Crippen LogP contribution in [0.25, 0.3) is 0 Å². The first-order chi connectivity index (χ1) is 17.3. The van der Waals surface area contributed by atoms with E-state index in [-0.39, 0.29) is 39.2 Å². The van der Waals surface area contributed by atoms with Crippen LogP contribution in [0.3, 0.4) is 0 Å². The van der Waals surface area contributed by atoms with Gasteiger partial charge in [-0.25, -0.2) is 9.97 Å². The highest BCUT2D eigenvalue weighted by molar-refractivity contribution is 6.74. The van der Waals surface area contributed by atoms with Crippen molar-refractivity contribution in [3.63, 3.8) is 0 Å². The lowest BCUT2D eigenvalue weighted by atomic mass is 9.77. The first-order valence-corrected chi connectivity index (χ1v) is 16.4. The SMILES string of the molecule is CC(C)(C)[Si](C)(C)OCCN(C(=O)c1c(Cl)ncnc1Cl)c1ccc([C@H]2CC[C@H](CC(=O)O)CC2)cc1. The number of carboxylic acid groups (broad SMARTS) is 1. The maximum absolute atomic E-state index is 13.6. The molecule has 1 fully saturated rings. The molecule has 0 unspecified atom stereocenters. The molecule has 37 heavy (non-hydrogen) atoms. The molecule has 0 atom stereocenters.